The summed E-state index contributed by atoms with van der Waals surface area (Å²) in [7, 11) is 0. The summed E-state index contributed by atoms with van der Waals surface area (Å²) in [5.74, 6) is 0.395. The Hall–Kier alpha value is -3.29. The first-order valence-electron chi connectivity index (χ1n) is 9.04. The lowest BCUT2D eigenvalue weighted by Gasteiger charge is -2.35. The Morgan fingerprint density at radius 1 is 1.21 bits per heavy atom. The van der Waals surface area contributed by atoms with E-state index < -0.39 is 17.9 Å². The molecule has 2 aliphatic heterocycles. The maximum absolute atomic E-state index is 13.7. The minimum Gasteiger partial charge on any atom is -0.486 e. The lowest BCUT2D eigenvalue weighted by atomic mass is 10.0. The Morgan fingerprint density at radius 3 is 2.71 bits per heavy atom. The van der Waals surface area contributed by atoms with E-state index in [1.165, 1.54) is 23.1 Å². The Morgan fingerprint density at radius 2 is 1.96 bits per heavy atom. The van der Waals surface area contributed by atoms with Crippen LogP contribution in [0.5, 0.6) is 11.5 Å². The number of aryl methyl sites for hydroxylation is 1. The minimum atomic E-state index is -0.901. The van der Waals surface area contributed by atoms with Gasteiger partial charge in [-0.15, -0.1) is 0 Å². The van der Waals surface area contributed by atoms with E-state index in [0.29, 0.717) is 49.1 Å². The predicted molar refractivity (Wildman–Crippen MR) is 100 cm³/mol. The molecular weight excluding hydrogens is 365 g/mol. The van der Waals surface area contributed by atoms with Gasteiger partial charge in [0.25, 0.3) is 0 Å². The van der Waals surface area contributed by atoms with Crippen molar-refractivity contribution in [2.24, 2.45) is 0 Å². The summed E-state index contributed by atoms with van der Waals surface area (Å²) < 4.78 is 24.8. The lowest BCUT2D eigenvalue weighted by Crippen LogP contribution is -2.53. The van der Waals surface area contributed by atoms with Crippen LogP contribution in [0.3, 0.4) is 0 Å². The van der Waals surface area contributed by atoms with Crippen molar-refractivity contribution < 1.29 is 23.5 Å². The number of piperazine rings is 1. The van der Waals surface area contributed by atoms with Crippen LogP contribution in [-0.4, -0.2) is 43.1 Å². The first-order valence-corrected chi connectivity index (χ1v) is 9.04. The molecule has 0 saturated carbocycles. The van der Waals surface area contributed by atoms with Crippen LogP contribution >= 0.6 is 0 Å². The van der Waals surface area contributed by atoms with Crippen molar-refractivity contribution in [3.05, 3.63) is 53.3 Å². The molecule has 1 saturated heterocycles. The summed E-state index contributed by atoms with van der Waals surface area (Å²) in [5, 5.41) is 5.57. The van der Waals surface area contributed by atoms with E-state index in [9.17, 15) is 14.0 Å². The summed E-state index contributed by atoms with van der Waals surface area (Å²) in [5.41, 5.74) is 1.80. The van der Waals surface area contributed by atoms with Crippen molar-refractivity contribution in [3.63, 3.8) is 0 Å². The number of hydrogen-bond donors (Lipinski definition) is 2. The zero-order valence-electron chi connectivity index (χ0n) is 15.3. The number of amides is 3. The van der Waals surface area contributed by atoms with E-state index in [1.54, 1.807) is 18.2 Å². The molecule has 2 aromatic carbocycles. The van der Waals surface area contributed by atoms with Gasteiger partial charge in [0.2, 0.25) is 5.91 Å². The average Bonchev–Trinajstić information content (AvgIpc) is 2.68. The molecule has 0 aliphatic carbocycles. The van der Waals surface area contributed by atoms with Crippen molar-refractivity contribution >= 4 is 17.6 Å². The molecule has 1 fully saturated rings. The van der Waals surface area contributed by atoms with E-state index in [1.807, 2.05) is 6.92 Å². The molecule has 0 spiro atoms. The van der Waals surface area contributed by atoms with Crippen LogP contribution in [0.1, 0.15) is 17.2 Å². The van der Waals surface area contributed by atoms with E-state index >= 15 is 0 Å². The first kappa shape index (κ1) is 18.1. The van der Waals surface area contributed by atoms with Crippen molar-refractivity contribution in [2.45, 2.75) is 13.0 Å². The summed E-state index contributed by atoms with van der Waals surface area (Å²) >= 11 is 0. The molecule has 3 amide bonds. The summed E-state index contributed by atoms with van der Waals surface area (Å²) in [6.45, 7) is 3.41. The monoisotopic (exact) mass is 385 g/mol. The van der Waals surface area contributed by atoms with Gasteiger partial charge >= 0.3 is 6.03 Å². The SMILES string of the molecule is Cc1cc2c(cc1NC(=O)N1CCNC(=O)[C@H]1c1cccc(F)c1)OCCO2. The number of carbonyl (C=O) groups is 2. The molecule has 1 atom stereocenters. The molecule has 0 radical (unpaired) electrons. The molecule has 8 heteroatoms. The minimum absolute atomic E-state index is 0.308. The fourth-order valence-corrected chi connectivity index (χ4v) is 3.41. The number of nitrogens with zero attached hydrogens (tertiary/aromatic N) is 1. The molecule has 0 bridgehead atoms. The molecule has 2 aliphatic rings. The van der Waals surface area contributed by atoms with Gasteiger partial charge in [0.1, 0.15) is 25.1 Å². The first-order chi connectivity index (χ1) is 13.5. The molecular formula is C20H20FN3O4. The van der Waals surface area contributed by atoms with Crippen LogP contribution in [0.25, 0.3) is 0 Å². The van der Waals surface area contributed by atoms with Gasteiger partial charge in [-0.25, -0.2) is 9.18 Å². The number of rotatable bonds is 2. The zero-order valence-corrected chi connectivity index (χ0v) is 15.3. The van der Waals surface area contributed by atoms with Crippen LogP contribution in [-0.2, 0) is 4.79 Å². The van der Waals surface area contributed by atoms with Gasteiger partial charge in [0.05, 0.1) is 0 Å². The maximum Gasteiger partial charge on any atom is 0.322 e. The largest absolute Gasteiger partial charge is 0.486 e. The molecule has 0 unspecified atom stereocenters. The third kappa shape index (κ3) is 3.45. The number of anilines is 1. The third-order valence-corrected chi connectivity index (χ3v) is 4.77. The second-order valence-corrected chi connectivity index (χ2v) is 6.68. The fourth-order valence-electron chi connectivity index (χ4n) is 3.41. The number of carbonyl (C=O) groups excluding carboxylic acids is 2. The van der Waals surface area contributed by atoms with Gasteiger partial charge in [-0.2, -0.15) is 0 Å². The van der Waals surface area contributed by atoms with Crippen LogP contribution < -0.4 is 20.1 Å². The molecule has 146 valence electrons. The molecule has 0 aromatic heterocycles. The highest BCUT2D eigenvalue weighted by molar-refractivity contribution is 5.95. The number of benzene rings is 2. The highest BCUT2D eigenvalue weighted by Gasteiger charge is 2.35. The summed E-state index contributed by atoms with van der Waals surface area (Å²) in [6, 6.07) is 7.89. The topological polar surface area (TPSA) is 79.9 Å². The molecule has 7 nitrogen and oxygen atoms in total. The second-order valence-electron chi connectivity index (χ2n) is 6.68. The standard InChI is InChI=1S/C20H20FN3O4/c1-12-9-16-17(28-8-7-27-16)11-15(12)23-20(26)24-6-5-22-19(25)18(24)13-3-2-4-14(21)10-13/h2-4,9-11,18H,5-8H2,1H3,(H,22,25)(H,23,26)/t18-/m1/s1. The van der Waals surface area contributed by atoms with E-state index in [0.717, 1.165) is 5.56 Å². The molecule has 2 heterocycles. The fraction of sp³-hybridized carbons (Fsp3) is 0.300. The van der Waals surface area contributed by atoms with Gasteiger partial charge in [-0.3, -0.25) is 4.79 Å². The van der Waals surface area contributed by atoms with Crippen molar-refractivity contribution in [1.29, 1.82) is 0 Å². The third-order valence-electron chi connectivity index (χ3n) is 4.77. The van der Waals surface area contributed by atoms with Crippen LogP contribution in [0.15, 0.2) is 36.4 Å². The van der Waals surface area contributed by atoms with Gasteiger partial charge in [0.15, 0.2) is 11.5 Å². The van der Waals surface area contributed by atoms with Crippen molar-refractivity contribution in [3.8, 4) is 11.5 Å². The maximum atomic E-state index is 13.7. The van der Waals surface area contributed by atoms with Crippen LogP contribution in [0.2, 0.25) is 0 Å². The zero-order chi connectivity index (χ0) is 19.7. The number of halogens is 1. The molecule has 2 aromatic rings. The van der Waals surface area contributed by atoms with Crippen LogP contribution in [0.4, 0.5) is 14.9 Å². The molecule has 2 N–H and O–H groups in total. The number of fused-ring (bicyclic) bond motifs is 1. The van der Waals surface area contributed by atoms with Gasteiger partial charge in [-0.1, -0.05) is 12.1 Å². The summed E-state index contributed by atoms with van der Waals surface area (Å²) in [6.07, 6.45) is 0. The number of hydrogen-bond acceptors (Lipinski definition) is 4. The molecule has 28 heavy (non-hydrogen) atoms. The summed E-state index contributed by atoms with van der Waals surface area (Å²) in [4.78, 5) is 26.8. The quantitative estimate of drug-likeness (QED) is 0.833. The molecule has 4 rings (SSSR count). The smallest absolute Gasteiger partial charge is 0.322 e. The van der Waals surface area contributed by atoms with Gasteiger partial charge in [-0.05, 0) is 36.2 Å². The van der Waals surface area contributed by atoms with Crippen molar-refractivity contribution in [2.75, 3.05) is 31.6 Å². The van der Waals surface area contributed by atoms with Gasteiger partial charge in [0, 0.05) is 24.8 Å². The lowest BCUT2D eigenvalue weighted by molar-refractivity contribution is -0.127. The Balaban J connectivity index is 1.60. The number of nitrogens with one attached hydrogen (secondary N) is 2. The van der Waals surface area contributed by atoms with Gasteiger partial charge < -0.3 is 25.0 Å². The average molecular weight is 385 g/mol. The van der Waals surface area contributed by atoms with E-state index in [-0.39, 0.29) is 5.91 Å². The highest BCUT2D eigenvalue weighted by Crippen LogP contribution is 2.35. The number of urea groups is 1. The Kier molecular flexibility index (Phi) is 4.77. The van der Waals surface area contributed by atoms with E-state index in [4.69, 9.17) is 9.47 Å². The normalized spacial score (nSPS) is 18.4. The predicted octanol–water partition coefficient (Wildman–Crippen LogP) is 2.61. The Labute approximate surface area is 161 Å². The van der Waals surface area contributed by atoms with Crippen LogP contribution in [0, 0.1) is 12.7 Å². The highest BCUT2D eigenvalue weighted by atomic mass is 19.1. The Bertz CT molecular complexity index is 934. The van der Waals surface area contributed by atoms with E-state index in [2.05, 4.69) is 10.6 Å². The second kappa shape index (κ2) is 7.38. The number of ether oxygens (including phenoxy) is 2. The van der Waals surface area contributed by atoms with Crippen molar-refractivity contribution in [1.82, 2.24) is 10.2 Å².